The predicted molar refractivity (Wildman–Crippen MR) is 69.6 cm³/mol. The Labute approximate surface area is 107 Å². The standard InChI is InChI=1S/C13H18ClNO2/c1-13(2,9-15-8-7-12(16)17)10-3-5-11(14)6-4-10/h3-6,15H,7-9H2,1-2H3,(H,16,17). The first kappa shape index (κ1) is 14.0. The molecule has 0 amide bonds. The normalized spacial score (nSPS) is 11.5. The fraction of sp³-hybridized carbons (Fsp3) is 0.462. The van der Waals surface area contributed by atoms with Crippen molar-refractivity contribution in [3.8, 4) is 0 Å². The smallest absolute Gasteiger partial charge is 0.304 e. The molecule has 0 aromatic heterocycles. The van der Waals surface area contributed by atoms with E-state index in [9.17, 15) is 4.79 Å². The van der Waals surface area contributed by atoms with Crippen LogP contribution in [0.25, 0.3) is 0 Å². The van der Waals surface area contributed by atoms with E-state index >= 15 is 0 Å². The SMILES string of the molecule is CC(C)(CNCCC(=O)O)c1ccc(Cl)cc1. The largest absolute Gasteiger partial charge is 0.481 e. The molecule has 2 N–H and O–H groups in total. The molecule has 3 nitrogen and oxygen atoms in total. The van der Waals surface area contributed by atoms with E-state index in [-0.39, 0.29) is 11.8 Å². The summed E-state index contributed by atoms with van der Waals surface area (Å²) in [6, 6.07) is 7.74. The lowest BCUT2D eigenvalue weighted by atomic mass is 9.84. The molecule has 1 aromatic carbocycles. The van der Waals surface area contributed by atoms with Gasteiger partial charge in [-0.15, -0.1) is 0 Å². The highest BCUT2D eigenvalue weighted by molar-refractivity contribution is 6.30. The lowest BCUT2D eigenvalue weighted by molar-refractivity contribution is -0.136. The summed E-state index contributed by atoms with van der Waals surface area (Å²) < 4.78 is 0. The Balaban J connectivity index is 2.50. The molecule has 0 fully saturated rings. The van der Waals surface area contributed by atoms with Gasteiger partial charge in [-0.25, -0.2) is 0 Å². The molecule has 0 atom stereocenters. The van der Waals surface area contributed by atoms with Crippen LogP contribution in [0.5, 0.6) is 0 Å². The van der Waals surface area contributed by atoms with Crippen LogP contribution in [-0.4, -0.2) is 24.2 Å². The van der Waals surface area contributed by atoms with Crippen LogP contribution in [0.2, 0.25) is 5.02 Å². The van der Waals surface area contributed by atoms with E-state index in [1.54, 1.807) is 0 Å². The average Bonchev–Trinajstić information content (AvgIpc) is 2.25. The second-order valence-electron chi connectivity index (χ2n) is 4.71. The topological polar surface area (TPSA) is 49.3 Å². The van der Waals surface area contributed by atoms with Gasteiger partial charge in [-0.2, -0.15) is 0 Å². The van der Waals surface area contributed by atoms with Crippen molar-refractivity contribution >= 4 is 17.6 Å². The quantitative estimate of drug-likeness (QED) is 0.769. The van der Waals surface area contributed by atoms with Gasteiger partial charge in [0.15, 0.2) is 0 Å². The molecule has 0 bridgehead atoms. The molecule has 0 aliphatic rings. The minimum Gasteiger partial charge on any atom is -0.481 e. The van der Waals surface area contributed by atoms with Crippen LogP contribution in [0.3, 0.4) is 0 Å². The predicted octanol–water partition coefficient (Wildman–Crippen LogP) is 2.68. The molecule has 0 aliphatic heterocycles. The van der Waals surface area contributed by atoms with Crippen LogP contribution in [0.4, 0.5) is 0 Å². The number of halogens is 1. The van der Waals surface area contributed by atoms with Gasteiger partial charge in [0, 0.05) is 23.5 Å². The maximum Gasteiger partial charge on any atom is 0.304 e. The van der Waals surface area contributed by atoms with Gasteiger partial charge in [0.25, 0.3) is 0 Å². The monoisotopic (exact) mass is 255 g/mol. The molecule has 4 heteroatoms. The third-order valence-corrected chi connectivity index (χ3v) is 2.96. The highest BCUT2D eigenvalue weighted by atomic mass is 35.5. The fourth-order valence-corrected chi connectivity index (χ4v) is 1.73. The number of carboxylic acids is 1. The maximum absolute atomic E-state index is 10.4. The van der Waals surface area contributed by atoms with E-state index in [4.69, 9.17) is 16.7 Å². The van der Waals surface area contributed by atoms with Crippen LogP contribution < -0.4 is 5.32 Å². The molecule has 0 spiro atoms. The molecule has 0 saturated carbocycles. The summed E-state index contributed by atoms with van der Waals surface area (Å²) in [5, 5.41) is 12.4. The Morgan fingerprint density at radius 1 is 1.35 bits per heavy atom. The molecule has 1 aromatic rings. The molecule has 0 heterocycles. The summed E-state index contributed by atoms with van der Waals surface area (Å²) >= 11 is 5.84. The number of carbonyl (C=O) groups is 1. The number of nitrogens with one attached hydrogen (secondary N) is 1. The van der Waals surface area contributed by atoms with Gasteiger partial charge >= 0.3 is 5.97 Å². The summed E-state index contributed by atoms with van der Waals surface area (Å²) in [6.07, 6.45) is 0.150. The highest BCUT2D eigenvalue weighted by Crippen LogP contribution is 2.23. The third-order valence-electron chi connectivity index (χ3n) is 2.71. The Bertz CT molecular complexity index is 374. The molecule has 0 unspecified atom stereocenters. The zero-order valence-corrected chi connectivity index (χ0v) is 10.9. The summed E-state index contributed by atoms with van der Waals surface area (Å²) in [7, 11) is 0. The van der Waals surface area contributed by atoms with E-state index in [0.717, 1.165) is 11.6 Å². The average molecular weight is 256 g/mol. The van der Waals surface area contributed by atoms with Gasteiger partial charge in [0.2, 0.25) is 0 Å². The van der Waals surface area contributed by atoms with Gasteiger partial charge < -0.3 is 10.4 Å². The van der Waals surface area contributed by atoms with Crippen molar-refractivity contribution in [2.24, 2.45) is 0 Å². The second-order valence-corrected chi connectivity index (χ2v) is 5.15. The van der Waals surface area contributed by atoms with Crippen LogP contribution in [0.15, 0.2) is 24.3 Å². The van der Waals surface area contributed by atoms with Gasteiger partial charge in [0.05, 0.1) is 6.42 Å². The van der Waals surface area contributed by atoms with Crippen LogP contribution >= 0.6 is 11.6 Å². The molecule has 94 valence electrons. The van der Waals surface area contributed by atoms with Crippen molar-refractivity contribution in [3.05, 3.63) is 34.9 Å². The van der Waals surface area contributed by atoms with Crippen molar-refractivity contribution in [2.75, 3.05) is 13.1 Å². The highest BCUT2D eigenvalue weighted by Gasteiger charge is 2.19. The number of carboxylic acid groups (broad SMARTS) is 1. The molecule has 1 rings (SSSR count). The molecule has 17 heavy (non-hydrogen) atoms. The van der Waals surface area contributed by atoms with E-state index < -0.39 is 5.97 Å². The molecular weight excluding hydrogens is 238 g/mol. The van der Waals surface area contributed by atoms with Gasteiger partial charge in [0.1, 0.15) is 0 Å². The fourth-order valence-electron chi connectivity index (χ4n) is 1.60. The first-order valence-electron chi connectivity index (χ1n) is 5.60. The van der Waals surface area contributed by atoms with Gasteiger partial charge in [-0.3, -0.25) is 4.79 Å². The Morgan fingerprint density at radius 3 is 2.47 bits per heavy atom. The first-order chi connectivity index (χ1) is 7.92. The van der Waals surface area contributed by atoms with Gasteiger partial charge in [-0.1, -0.05) is 37.6 Å². The Kier molecular flexibility index (Phi) is 4.97. The lowest BCUT2D eigenvalue weighted by Crippen LogP contribution is -2.34. The number of hydrogen-bond acceptors (Lipinski definition) is 2. The third kappa shape index (κ3) is 4.75. The summed E-state index contributed by atoms with van der Waals surface area (Å²) in [5.41, 5.74) is 1.15. The minimum absolute atomic E-state index is 0.0386. The number of benzene rings is 1. The van der Waals surface area contributed by atoms with Crippen molar-refractivity contribution in [1.29, 1.82) is 0 Å². The van der Waals surface area contributed by atoms with Crippen LogP contribution in [0.1, 0.15) is 25.8 Å². The number of aliphatic carboxylic acids is 1. The van der Waals surface area contributed by atoms with Crippen molar-refractivity contribution < 1.29 is 9.90 Å². The van der Waals surface area contributed by atoms with E-state index in [1.165, 1.54) is 5.56 Å². The molecule has 0 radical (unpaired) electrons. The summed E-state index contributed by atoms with van der Waals surface area (Å²) in [5.74, 6) is -0.776. The molecule has 0 aliphatic carbocycles. The lowest BCUT2D eigenvalue weighted by Gasteiger charge is -2.25. The first-order valence-corrected chi connectivity index (χ1v) is 5.98. The number of rotatable bonds is 6. The maximum atomic E-state index is 10.4. The van der Waals surface area contributed by atoms with Crippen LogP contribution in [-0.2, 0) is 10.2 Å². The Morgan fingerprint density at radius 2 is 1.94 bits per heavy atom. The molecule has 0 saturated heterocycles. The Hall–Kier alpha value is -1.06. The summed E-state index contributed by atoms with van der Waals surface area (Å²) in [6.45, 7) is 5.46. The van der Waals surface area contributed by atoms with E-state index in [2.05, 4.69) is 19.2 Å². The number of hydrogen-bond donors (Lipinski definition) is 2. The zero-order chi connectivity index (χ0) is 12.9. The van der Waals surface area contributed by atoms with E-state index in [1.807, 2.05) is 24.3 Å². The zero-order valence-electron chi connectivity index (χ0n) is 10.2. The second kappa shape index (κ2) is 6.03. The molecular formula is C13H18ClNO2. The van der Waals surface area contributed by atoms with Crippen LogP contribution in [0, 0.1) is 0 Å². The van der Waals surface area contributed by atoms with Crippen molar-refractivity contribution in [3.63, 3.8) is 0 Å². The van der Waals surface area contributed by atoms with Crippen molar-refractivity contribution in [2.45, 2.75) is 25.7 Å². The van der Waals surface area contributed by atoms with E-state index in [0.29, 0.717) is 6.54 Å². The van der Waals surface area contributed by atoms with Crippen molar-refractivity contribution in [1.82, 2.24) is 5.32 Å². The summed E-state index contributed by atoms with van der Waals surface area (Å²) in [4.78, 5) is 10.4. The minimum atomic E-state index is -0.776. The van der Waals surface area contributed by atoms with Gasteiger partial charge in [-0.05, 0) is 17.7 Å².